The number of ether oxygens (including phenoxy) is 1. The van der Waals surface area contributed by atoms with Crippen molar-refractivity contribution in [1.82, 2.24) is 34.6 Å². The second kappa shape index (κ2) is 16.6. The number of likely N-dealkylation sites (tertiary alicyclic amines) is 2. The Balaban J connectivity index is 0.913. The second-order valence-electron chi connectivity index (χ2n) is 16.2. The van der Waals surface area contributed by atoms with Gasteiger partial charge >= 0.3 is 6.09 Å². The van der Waals surface area contributed by atoms with Crippen molar-refractivity contribution in [2.75, 3.05) is 26.2 Å². The predicted octanol–water partition coefficient (Wildman–Crippen LogP) is 8.20. The highest BCUT2D eigenvalue weighted by atomic mass is 16.6. The fourth-order valence-corrected chi connectivity index (χ4v) is 9.50. The number of hydrogen-bond acceptors (Lipinski definition) is 7. The van der Waals surface area contributed by atoms with Crippen molar-refractivity contribution in [3.63, 3.8) is 0 Å². The third-order valence-electron chi connectivity index (χ3n) is 12.5. The Morgan fingerprint density at radius 3 is 1.83 bits per heavy atom. The number of aromatic amines is 2. The Labute approximate surface area is 340 Å². The number of carbonyl (C=O) groups is 3. The molecule has 0 radical (unpaired) electrons. The maximum absolute atomic E-state index is 14.2. The van der Waals surface area contributed by atoms with Crippen molar-refractivity contribution in [1.29, 1.82) is 0 Å². The summed E-state index contributed by atoms with van der Waals surface area (Å²) in [5.41, 5.74) is 11.7. The third-order valence-corrected chi connectivity index (χ3v) is 12.5. The van der Waals surface area contributed by atoms with Gasteiger partial charge in [-0.25, -0.2) is 14.8 Å². The first-order valence-electron chi connectivity index (χ1n) is 20.8. The van der Waals surface area contributed by atoms with Gasteiger partial charge in [0.05, 0.1) is 35.9 Å². The van der Waals surface area contributed by atoms with E-state index in [1.165, 1.54) is 0 Å². The molecule has 2 aromatic heterocycles. The Kier molecular flexibility index (Phi) is 11.2. The number of hydrogen-bond donors (Lipinski definition) is 3. The molecule has 3 amide bonds. The number of likely N-dealkylation sites (N-methyl/N-ethyl adjacent to an activating group) is 1. The zero-order valence-corrected chi connectivity index (χ0v) is 33.7. The summed E-state index contributed by atoms with van der Waals surface area (Å²) in [4.78, 5) is 62.1. The van der Waals surface area contributed by atoms with E-state index in [-0.39, 0.29) is 35.9 Å². The van der Waals surface area contributed by atoms with E-state index >= 15 is 0 Å². The molecule has 302 valence electrons. The number of rotatable bonds is 12. The number of benzene rings is 3. The molecular weight excluding hydrogens is 729 g/mol. The average molecular weight is 783 g/mol. The summed E-state index contributed by atoms with van der Waals surface area (Å²) in [5.74, 6) is 1.65. The minimum Gasteiger partial charge on any atom is -0.443 e. The molecule has 2 saturated heterocycles. The molecule has 3 fully saturated rings. The summed E-state index contributed by atoms with van der Waals surface area (Å²) in [6, 6.07) is 26.5. The van der Waals surface area contributed by atoms with E-state index in [4.69, 9.17) is 20.4 Å². The van der Waals surface area contributed by atoms with Crippen LogP contribution in [0.25, 0.3) is 33.6 Å². The summed E-state index contributed by atoms with van der Waals surface area (Å²) in [6.45, 7) is 9.07. The number of nitrogens with zero attached hydrogens (tertiary/aromatic N) is 5. The fraction of sp³-hybridized carbons (Fsp3) is 0.413. The zero-order valence-electron chi connectivity index (χ0n) is 33.7. The molecule has 3 aliphatic rings. The minimum atomic E-state index is -0.797. The number of nitrogens with one attached hydrogen (secondary N) is 2. The average Bonchev–Trinajstić information content (AvgIpc) is 4.10. The van der Waals surface area contributed by atoms with Gasteiger partial charge < -0.3 is 30.2 Å². The first-order chi connectivity index (χ1) is 28.1. The van der Waals surface area contributed by atoms with E-state index in [0.717, 1.165) is 96.2 Å². The van der Waals surface area contributed by atoms with Crippen LogP contribution in [0, 0.1) is 5.92 Å². The van der Waals surface area contributed by atoms with Crippen LogP contribution in [0.2, 0.25) is 0 Å². The number of nitrogens with two attached hydrogens (primary N) is 1. The highest BCUT2D eigenvalue weighted by molar-refractivity contribution is 5.84. The van der Waals surface area contributed by atoms with Crippen molar-refractivity contribution >= 4 is 17.9 Å². The molecular formula is C46H54N8O4. The van der Waals surface area contributed by atoms with Gasteiger partial charge in [0.1, 0.15) is 23.3 Å². The number of amides is 3. The number of primary amides is 1. The van der Waals surface area contributed by atoms with E-state index in [2.05, 4.69) is 89.4 Å². The highest BCUT2D eigenvalue weighted by Gasteiger charge is 2.45. The van der Waals surface area contributed by atoms with E-state index in [0.29, 0.717) is 25.8 Å². The highest BCUT2D eigenvalue weighted by Crippen LogP contribution is 2.42. The molecule has 0 bridgehead atoms. The normalized spacial score (nSPS) is 22.4. The second-order valence-corrected chi connectivity index (χ2v) is 16.2. The third kappa shape index (κ3) is 7.90. The molecule has 2 unspecified atom stereocenters. The van der Waals surface area contributed by atoms with Crippen LogP contribution in [-0.2, 0) is 14.3 Å². The SMILES string of the molecule is CCN(CC)C(C(=O)N1CCCC1c1ncc(-c2ccc(-c3ccc(-c4cnc([C@@H]5CCCN5C(=O)[C@H]5CC[C@@](C)(OC(N)=O)C5)[nH]4)cc3)cc2)[nH]1)c1ccccc1. The lowest BCUT2D eigenvalue weighted by atomic mass is 10.0. The van der Waals surface area contributed by atoms with Gasteiger partial charge in [-0.15, -0.1) is 0 Å². The zero-order chi connectivity index (χ0) is 40.4. The van der Waals surface area contributed by atoms with Gasteiger partial charge in [-0.2, -0.15) is 0 Å². The van der Waals surface area contributed by atoms with E-state index in [1.807, 2.05) is 47.3 Å². The smallest absolute Gasteiger partial charge is 0.405 e. The lowest BCUT2D eigenvalue weighted by Crippen LogP contribution is -2.43. The minimum absolute atomic E-state index is 0.0914. The summed E-state index contributed by atoms with van der Waals surface area (Å²) < 4.78 is 5.35. The van der Waals surface area contributed by atoms with Crippen molar-refractivity contribution in [2.24, 2.45) is 11.7 Å². The van der Waals surface area contributed by atoms with Gasteiger partial charge in [-0.1, -0.05) is 92.7 Å². The van der Waals surface area contributed by atoms with Crippen molar-refractivity contribution in [2.45, 2.75) is 89.4 Å². The molecule has 1 saturated carbocycles. The van der Waals surface area contributed by atoms with Gasteiger partial charge in [0.15, 0.2) is 0 Å². The summed E-state index contributed by atoms with van der Waals surface area (Å²) >= 11 is 0. The molecule has 5 aromatic rings. The predicted molar refractivity (Wildman–Crippen MR) is 223 cm³/mol. The van der Waals surface area contributed by atoms with Crippen molar-refractivity contribution < 1.29 is 19.1 Å². The van der Waals surface area contributed by atoms with Crippen molar-refractivity contribution in [3.05, 3.63) is 108 Å². The van der Waals surface area contributed by atoms with Gasteiger partial charge in [0.25, 0.3) is 0 Å². The first kappa shape index (κ1) is 39.1. The van der Waals surface area contributed by atoms with Crippen LogP contribution >= 0.6 is 0 Å². The lowest BCUT2D eigenvalue weighted by Gasteiger charge is -2.34. The molecule has 3 aromatic carbocycles. The van der Waals surface area contributed by atoms with Crippen LogP contribution < -0.4 is 5.73 Å². The van der Waals surface area contributed by atoms with E-state index < -0.39 is 11.7 Å². The molecule has 58 heavy (non-hydrogen) atoms. The standard InChI is InChI=1S/C46H54N8O4/c1-4-52(5-2)40(34-11-7-6-8-12-34)44(56)54-26-10-14-39(54)42-49-29-37(51-42)33-21-17-31(18-22-33)30-15-19-32(20-16-30)36-28-48-41(50-36)38-13-9-25-53(38)43(55)35-23-24-46(3,27-35)58-45(47)57/h6-8,11-12,15-22,28-29,35,38-40H,4-5,9-10,13-14,23-27H2,1-3H3,(H2,47,57)(H,48,50)(H,49,51)/t35-,38-,39?,40?,46+/m0/s1. The van der Waals surface area contributed by atoms with E-state index in [1.54, 1.807) is 0 Å². The van der Waals surface area contributed by atoms with Gasteiger partial charge in [-0.3, -0.25) is 14.5 Å². The number of carbonyl (C=O) groups excluding carboxylic acids is 3. The summed E-state index contributed by atoms with van der Waals surface area (Å²) in [6.07, 6.45) is 8.29. The Morgan fingerprint density at radius 2 is 1.29 bits per heavy atom. The molecule has 12 nitrogen and oxygen atoms in total. The molecule has 5 atom stereocenters. The molecule has 4 heterocycles. The largest absolute Gasteiger partial charge is 0.443 e. The van der Waals surface area contributed by atoms with Gasteiger partial charge in [-0.05, 0) is 92.8 Å². The molecule has 0 spiro atoms. The quantitative estimate of drug-likeness (QED) is 0.115. The Bertz CT molecular complexity index is 2210. The Morgan fingerprint density at radius 1 is 0.776 bits per heavy atom. The fourth-order valence-electron chi connectivity index (χ4n) is 9.50. The monoisotopic (exact) mass is 782 g/mol. The van der Waals surface area contributed by atoms with Crippen molar-refractivity contribution in [3.8, 4) is 33.6 Å². The molecule has 1 aliphatic carbocycles. The van der Waals surface area contributed by atoms with Crippen LogP contribution in [0.15, 0.2) is 91.3 Å². The maximum Gasteiger partial charge on any atom is 0.405 e. The van der Waals surface area contributed by atoms with Crippen LogP contribution in [-0.4, -0.2) is 84.3 Å². The number of aromatic nitrogens is 4. The molecule has 8 rings (SSSR count). The number of H-pyrrole nitrogens is 2. The Hall–Kier alpha value is -5.75. The number of imidazole rings is 2. The molecule has 12 heteroatoms. The van der Waals surface area contributed by atoms with Crippen LogP contribution in [0.5, 0.6) is 0 Å². The van der Waals surface area contributed by atoms with Gasteiger partial charge in [0.2, 0.25) is 11.8 Å². The summed E-state index contributed by atoms with van der Waals surface area (Å²) in [5, 5.41) is 0. The van der Waals surface area contributed by atoms with Gasteiger partial charge in [0, 0.05) is 19.0 Å². The molecule has 4 N–H and O–H groups in total. The summed E-state index contributed by atoms with van der Waals surface area (Å²) in [7, 11) is 0. The van der Waals surface area contributed by atoms with Crippen LogP contribution in [0.1, 0.15) is 101 Å². The maximum atomic E-state index is 14.2. The molecule has 2 aliphatic heterocycles. The van der Waals surface area contributed by atoms with Crippen LogP contribution in [0.3, 0.4) is 0 Å². The van der Waals surface area contributed by atoms with Crippen LogP contribution in [0.4, 0.5) is 4.79 Å². The first-order valence-corrected chi connectivity index (χ1v) is 20.8. The topological polar surface area (TPSA) is 154 Å². The lowest BCUT2D eigenvalue weighted by molar-refractivity contribution is -0.138. The van der Waals surface area contributed by atoms with E-state index in [9.17, 15) is 14.4 Å².